The Bertz CT molecular complexity index is 664. The Balaban J connectivity index is 0.00000147. The lowest BCUT2D eigenvalue weighted by atomic mass is 10.1. The summed E-state index contributed by atoms with van der Waals surface area (Å²) in [5, 5.41) is 4.34. The van der Waals surface area contributed by atoms with E-state index in [1.165, 1.54) is 6.08 Å². The van der Waals surface area contributed by atoms with Gasteiger partial charge in [-0.1, -0.05) is 6.07 Å². The number of nitrogens with one attached hydrogen (secondary N) is 1. The van der Waals surface area contributed by atoms with Crippen LogP contribution in [-0.4, -0.2) is 45.4 Å². The van der Waals surface area contributed by atoms with E-state index in [9.17, 15) is 13.2 Å². The van der Waals surface area contributed by atoms with Crippen molar-refractivity contribution >= 4 is 34.2 Å². The van der Waals surface area contributed by atoms with Crippen molar-refractivity contribution in [2.24, 2.45) is 0 Å². The predicted octanol–water partition coefficient (Wildman–Crippen LogP) is 0.912. The average molecular weight is 315 g/mol. The van der Waals surface area contributed by atoms with E-state index in [-0.39, 0.29) is 23.2 Å². The molecule has 20 heavy (non-hydrogen) atoms. The van der Waals surface area contributed by atoms with Crippen LogP contribution in [0.15, 0.2) is 28.5 Å². The molecule has 2 aliphatic heterocycles. The molecule has 7 heteroatoms. The molecule has 1 amide bonds. The lowest BCUT2D eigenvalue weighted by Gasteiger charge is -2.28. The van der Waals surface area contributed by atoms with E-state index in [1.807, 2.05) is 0 Å². The minimum atomic E-state index is -3.36. The summed E-state index contributed by atoms with van der Waals surface area (Å²) in [6.45, 7) is 2.85. The highest BCUT2D eigenvalue weighted by atomic mass is 35.5. The van der Waals surface area contributed by atoms with Crippen LogP contribution in [0.25, 0.3) is 6.08 Å². The molecule has 108 valence electrons. The van der Waals surface area contributed by atoms with Crippen molar-refractivity contribution in [3.63, 3.8) is 0 Å². The Morgan fingerprint density at radius 3 is 2.60 bits per heavy atom. The Labute approximate surface area is 124 Å². The molecule has 1 aromatic rings. The molecule has 0 bridgehead atoms. The van der Waals surface area contributed by atoms with E-state index >= 15 is 0 Å². The summed E-state index contributed by atoms with van der Waals surface area (Å²) in [5.41, 5.74) is 0.989. The monoisotopic (exact) mass is 314 g/mol. The lowest BCUT2D eigenvalue weighted by Crippen LogP contribution is -2.46. The van der Waals surface area contributed by atoms with Gasteiger partial charge in [-0.25, -0.2) is 8.42 Å². The zero-order valence-corrected chi connectivity index (χ0v) is 12.3. The molecule has 1 fully saturated rings. The first kappa shape index (κ1) is 15.0. The van der Waals surface area contributed by atoms with Gasteiger partial charge in [-0.15, -0.1) is 12.4 Å². The largest absolute Gasteiger partial charge is 0.336 e. The molecule has 1 N–H and O–H groups in total. The predicted molar refractivity (Wildman–Crippen MR) is 78.7 cm³/mol. The molecule has 0 aliphatic carbocycles. The first-order valence-corrected chi connectivity index (χ1v) is 7.70. The fourth-order valence-corrected chi connectivity index (χ4v) is 3.63. The average Bonchev–Trinajstić information content (AvgIpc) is 2.75. The number of hydrogen-bond donors (Lipinski definition) is 1. The number of halogens is 1. The van der Waals surface area contributed by atoms with Crippen molar-refractivity contribution < 1.29 is 13.2 Å². The minimum absolute atomic E-state index is 0. The Morgan fingerprint density at radius 2 is 1.90 bits per heavy atom. The molecule has 0 aromatic heterocycles. The number of carbonyl (C=O) groups excluding carboxylic acids is 1. The molecule has 2 aliphatic rings. The van der Waals surface area contributed by atoms with Crippen LogP contribution in [0.4, 0.5) is 0 Å². The summed E-state index contributed by atoms with van der Waals surface area (Å²) in [4.78, 5) is 14.4. The van der Waals surface area contributed by atoms with Crippen LogP contribution in [0.2, 0.25) is 0 Å². The summed E-state index contributed by atoms with van der Waals surface area (Å²) in [6, 6.07) is 4.85. The highest BCUT2D eigenvalue weighted by Crippen LogP contribution is 2.30. The highest BCUT2D eigenvalue weighted by Gasteiger charge is 2.27. The van der Waals surface area contributed by atoms with Gasteiger partial charge in [0.15, 0.2) is 9.84 Å². The zero-order valence-electron chi connectivity index (χ0n) is 10.7. The first-order valence-electron chi connectivity index (χ1n) is 6.16. The summed E-state index contributed by atoms with van der Waals surface area (Å²) < 4.78 is 23.6. The van der Waals surface area contributed by atoms with Crippen LogP contribution in [0, 0.1) is 0 Å². The van der Waals surface area contributed by atoms with Gasteiger partial charge in [-0.05, 0) is 18.2 Å². The van der Waals surface area contributed by atoms with Crippen molar-refractivity contribution in [1.82, 2.24) is 10.2 Å². The number of carbonyl (C=O) groups is 1. The molecule has 0 saturated carbocycles. The second kappa shape index (κ2) is 5.55. The van der Waals surface area contributed by atoms with E-state index in [4.69, 9.17) is 0 Å². The van der Waals surface area contributed by atoms with Crippen LogP contribution in [0.1, 0.15) is 15.9 Å². The fourth-order valence-electron chi connectivity index (χ4n) is 2.42. The van der Waals surface area contributed by atoms with Crippen LogP contribution >= 0.6 is 12.4 Å². The maximum Gasteiger partial charge on any atom is 0.254 e. The van der Waals surface area contributed by atoms with E-state index in [2.05, 4.69) is 5.32 Å². The van der Waals surface area contributed by atoms with Gasteiger partial charge in [-0.3, -0.25) is 4.79 Å². The normalized spacial score (nSPS) is 19.3. The van der Waals surface area contributed by atoms with Crippen LogP contribution in [0.3, 0.4) is 0 Å². The van der Waals surface area contributed by atoms with Crippen molar-refractivity contribution in [2.75, 3.05) is 26.2 Å². The second-order valence-electron chi connectivity index (χ2n) is 4.61. The molecule has 1 aromatic carbocycles. The number of sulfone groups is 1. The van der Waals surface area contributed by atoms with Gasteiger partial charge in [0.2, 0.25) is 0 Å². The van der Waals surface area contributed by atoms with Gasteiger partial charge < -0.3 is 10.2 Å². The number of fused-ring (bicyclic) bond motifs is 1. The van der Waals surface area contributed by atoms with Crippen molar-refractivity contribution in [1.29, 1.82) is 0 Å². The van der Waals surface area contributed by atoms with E-state index in [0.717, 1.165) is 18.5 Å². The third-order valence-corrected chi connectivity index (χ3v) is 4.88. The van der Waals surface area contributed by atoms with Gasteiger partial charge in [0.1, 0.15) is 0 Å². The molecule has 0 spiro atoms. The standard InChI is InChI=1S/C13H14N2O3S.ClH/c16-13(15-7-5-14-6-8-15)11-2-1-3-12-10(11)4-9-19(12,17)18;/h1-4,9,14H,5-8H2;1H. The molecule has 5 nitrogen and oxygen atoms in total. The number of hydrogen-bond acceptors (Lipinski definition) is 4. The van der Waals surface area contributed by atoms with Gasteiger partial charge in [-0.2, -0.15) is 0 Å². The fraction of sp³-hybridized carbons (Fsp3) is 0.308. The number of benzene rings is 1. The highest BCUT2D eigenvalue weighted by molar-refractivity contribution is 7.94. The molecule has 0 radical (unpaired) electrons. The van der Waals surface area contributed by atoms with E-state index < -0.39 is 9.84 Å². The number of rotatable bonds is 1. The third kappa shape index (κ3) is 2.46. The maximum absolute atomic E-state index is 12.4. The third-order valence-electron chi connectivity index (χ3n) is 3.42. The quantitative estimate of drug-likeness (QED) is 0.837. The molecule has 1 saturated heterocycles. The van der Waals surface area contributed by atoms with Gasteiger partial charge >= 0.3 is 0 Å². The molecular formula is C13H15ClN2O3S. The van der Waals surface area contributed by atoms with Crippen molar-refractivity contribution in [3.8, 4) is 0 Å². The smallest absolute Gasteiger partial charge is 0.254 e. The molecule has 3 rings (SSSR count). The summed E-state index contributed by atoms with van der Waals surface area (Å²) in [7, 11) is -3.36. The van der Waals surface area contributed by atoms with Gasteiger partial charge in [0.25, 0.3) is 5.91 Å². The topological polar surface area (TPSA) is 66.5 Å². The second-order valence-corrected chi connectivity index (χ2v) is 6.41. The number of piperazine rings is 1. The summed E-state index contributed by atoms with van der Waals surface area (Å²) in [5.74, 6) is -0.0971. The molecule has 0 unspecified atom stereocenters. The van der Waals surface area contributed by atoms with E-state index in [0.29, 0.717) is 24.2 Å². The van der Waals surface area contributed by atoms with Gasteiger partial charge in [0, 0.05) is 42.7 Å². The molecule has 0 atom stereocenters. The summed E-state index contributed by atoms with van der Waals surface area (Å²) in [6.07, 6.45) is 1.51. The number of amides is 1. The summed E-state index contributed by atoms with van der Waals surface area (Å²) >= 11 is 0. The lowest BCUT2D eigenvalue weighted by molar-refractivity contribution is 0.0735. The van der Waals surface area contributed by atoms with Crippen LogP contribution in [-0.2, 0) is 9.84 Å². The zero-order chi connectivity index (χ0) is 13.5. The maximum atomic E-state index is 12.4. The van der Waals surface area contributed by atoms with E-state index in [1.54, 1.807) is 23.1 Å². The molecular weight excluding hydrogens is 300 g/mol. The Morgan fingerprint density at radius 1 is 1.20 bits per heavy atom. The SMILES string of the molecule is Cl.O=C(c1cccc2c1C=CS2(=O)=O)N1CCNCC1. The Kier molecular flexibility index (Phi) is 4.17. The minimum Gasteiger partial charge on any atom is -0.336 e. The van der Waals surface area contributed by atoms with Crippen LogP contribution < -0.4 is 5.32 Å². The first-order chi connectivity index (χ1) is 9.09. The molecule has 2 heterocycles. The number of nitrogens with zero attached hydrogens (tertiary/aromatic N) is 1. The van der Waals surface area contributed by atoms with Crippen LogP contribution in [0.5, 0.6) is 0 Å². The van der Waals surface area contributed by atoms with Gasteiger partial charge in [0.05, 0.1) is 4.90 Å². The van der Waals surface area contributed by atoms with Crippen molar-refractivity contribution in [3.05, 3.63) is 34.7 Å². The Hall–Kier alpha value is -1.37. The van der Waals surface area contributed by atoms with Crippen molar-refractivity contribution in [2.45, 2.75) is 4.90 Å².